The SMILES string of the molecule is COc1ccc(CNC(=O)/C=C/c2c[nH]c3nccc(-c4ccc(C(N)=O)cc4)c23)cc1OC. The second-order valence-corrected chi connectivity index (χ2v) is 7.51. The Morgan fingerprint density at radius 1 is 1.06 bits per heavy atom. The monoisotopic (exact) mass is 456 g/mol. The highest BCUT2D eigenvalue weighted by Crippen LogP contribution is 2.31. The van der Waals surface area contributed by atoms with Crippen molar-refractivity contribution in [1.29, 1.82) is 0 Å². The molecule has 4 N–H and O–H groups in total. The number of pyridine rings is 1. The highest BCUT2D eigenvalue weighted by Gasteiger charge is 2.11. The normalized spacial score (nSPS) is 11.0. The van der Waals surface area contributed by atoms with Crippen molar-refractivity contribution in [1.82, 2.24) is 15.3 Å². The number of primary amides is 1. The molecule has 0 saturated heterocycles. The van der Waals surface area contributed by atoms with Crippen LogP contribution in [0.1, 0.15) is 21.5 Å². The third-order valence-corrected chi connectivity index (χ3v) is 5.41. The van der Waals surface area contributed by atoms with Gasteiger partial charge in [-0.3, -0.25) is 9.59 Å². The van der Waals surface area contributed by atoms with Crippen molar-refractivity contribution >= 4 is 28.9 Å². The summed E-state index contributed by atoms with van der Waals surface area (Å²) in [6.45, 7) is 0.344. The smallest absolute Gasteiger partial charge is 0.248 e. The molecule has 0 aliphatic rings. The first kappa shape index (κ1) is 22.6. The number of methoxy groups -OCH3 is 2. The van der Waals surface area contributed by atoms with Gasteiger partial charge in [0.05, 0.1) is 14.2 Å². The van der Waals surface area contributed by atoms with E-state index in [0.717, 1.165) is 27.6 Å². The van der Waals surface area contributed by atoms with E-state index >= 15 is 0 Å². The minimum absolute atomic E-state index is 0.236. The van der Waals surface area contributed by atoms with Crippen molar-refractivity contribution in [2.75, 3.05) is 14.2 Å². The number of fused-ring (bicyclic) bond motifs is 1. The summed E-state index contributed by atoms with van der Waals surface area (Å²) in [5.74, 6) is 0.522. The van der Waals surface area contributed by atoms with Crippen molar-refractivity contribution in [3.05, 3.63) is 83.7 Å². The zero-order valence-corrected chi connectivity index (χ0v) is 18.8. The van der Waals surface area contributed by atoms with Crippen LogP contribution in [0.25, 0.3) is 28.2 Å². The van der Waals surface area contributed by atoms with Gasteiger partial charge in [-0.15, -0.1) is 0 Å². The number of benzene rings is 2. The maximum absolute atomic E-state index is 12.5. The molecule has 0 aliphatic carbocycles. The molecule has 2 heterocycles. The Bertz CT molecular complexity index is 1370. The lowest BCUT2D eigenvalue weighted by atomic mass is 10.00. The number of aromatic amines is 1. The minimum atomic E-state index is -0.476. The second kappa shape index (κ2) is 9.91. The van der Waals surface area contributed by atoms with Gasteiger partial charge in [-0.25, -0.2) is 4.98 Å². The fourth-order valence-corrected chi connectivity index (χ4v) is 3.67. The molecular formula is C26H24N4O4. The fraction of sp³-hybridized carbons (Fsp3) is 0.115. The fourth-order valence-electron chi connectivity index (χ4n) is 3.67. The van der Waals surface area contributed by atoms with Gasteiger partial charge in [-0.2, -0.15) is 0 Å². The van der Waals surface area contributed by atoms with Crippen molar-refractivity contribution in [3.63, 3.8) is 0 Å². The minimum Gasteiger partial charge on any atom is -0.493 e. The van der Waals surface area contributed by atoms with E-state index in [1.54, 1.807) is 50.9 Å². The molecule has 0 bridgehead atoms. The van der Waals surface area contributed by atoms with Crippen molar-refractivity contribution < 1.29 is 19.1 Å². The predicted molar refractivity (Wildman–Crippen MR) is 130 cm³/mol. The Balaban J connectivity index is 1.52. The molecule has 4 rings (SSSR count). The van der Waals surface area contributed by atoms with Gasteiger partial charge in [0.1, 0.15) is 5.65 Å². The van der Waals surface area contributed by atoms with E-state index in [9.17, 15) is 9.59 Å². The van der Waals surface area contributed by atoms with E-state index in [2.05, 4.69) is 15.3 Å². The molecule has 0 spiro atoms. The first-order chi connectivity index (χ1) is 16.5. The number of H-pyrrole nitrogens is 1. The quantitative estimate of drug-likeness (QED) is 0.350. The highest BCUT2D eigenvalue weighted by atomic mass is 16.5. The first-order valence-corrected chi connectivity index (χ1v) is 10.5. The maximum atomic E-state index is 12.5. The summed E-state index contributed by atoms with van der Waals surface area (Å²) in [6, 6.07) is 14.4. The number of hydrogen-bond acceptors (Lipinski definition) is 5. The van der Waals surface area contributed by atoms with Gasteiger partial charge in [0.15, 0.2) is 11.5 Å². The van der Waals surface area contributed by atoms with Crippen LogP contribution in [0, 0.1) is 0 Å². The summed E-state index contributed by atoms with van der Waals surface area (Å²) in [7, 11) is 3.14. The van der Waals surface area contributed by atoms with Crippen LogP contribution >= 0.6 is 0 Å². The van der Waals surface area contributed by atoms with Gasteiger partial charge in [0.25, 0.3) is 0 Å². The summed E-state index contributed by atoms with van der Waals surface area (Å²) in [4.78, 5) is 31.4. The van der Waals surface area contributed by atoms with Crippen molar-refractivity contribution in [3.8, 4) is 22.6 Å². The molecule has 2 amide bonds. The van der Waals surface area contributed by atoms with Gasteiger partial charge in [0, 0.05) is 41.5 Å². The Morgan fingerprint density at radius 3 is 2.53 bits per heavy atom. The lowest BCUT2D eigenvalue weighted by Crippen LogP contribution is -2.20. The molecule has 0 saturated carbocycles. The van der Waals surface area contributed by atoms with Crippen LogP contribution < -0.4 is 20.5 Å². The number of carbonyl (C=O) groups excluding carboxylic acids is 2. The summed E-state index contributed by atoms with van der Waals surface area (Å²) in [5, 5.41) is 3.74. The van der Waals surface area contributed by atoms with Crippen molar-refractivity contribution in [2.45, 2.75) is 6.54 Å². The Morgan fingerprint density at radius 2 is 1.82 bits per heavy atom. The second-order valence-electron chi connectivity index (χ2n) is 7.51. The number of amides is 2. The number of nitrogens with zero attached hydrogens (tertiary/aromatic N) is 1. The van der Waals surface area contributed by atoms with E-state index in [1.165, 1.54) is 6.08 Å². The number of rotatable bonds is 8. The topological polar surface area (TPSA) is 119 Å². The van der Waals surface area contributed by atoms with Crippen molar-refractivity contribution in [2.24, 2.45) is 5.73 Å². The molecule has 2 aromatic heterocycles. The van der Waals surface area contributed by atoms with Crippen LogP contribution in [0.3, 0.4) is 0 Å². The van der Waals surface area contributed by atoms with Gasteiger partial charge < -0.3 is 25.5 Å². The van der Waals surface area contributed by atoms with Gasteiger partial charge in [-0.05, 0) is 53.1 Å². The third-order valence-electron chi connectivity index (χ3n) is 5.41. The molecular weight excluding hydrogens is 432 g/mol. The summed E-state index contributed by atoms with van der Waals surface area (Å²) < 4.78 is 10.5. The number of nitrogens with one attached hydrogen (secondary N) is 2. The van der Waals surface area contributed by atoms with Crippen LogP contribution in [-0.2, 0) is 11.3 Å². The molecule has 34 heavy (non-hydrogen) atoms. The predicted octanol–water partition coefficient (Wildman–Crippen LogP) is 3.68. The Kier molecular flexibility index (Phi) is 6.59. The molecule has 0 aliphatic heterocycles. The molecule has 8 heteroatoms. The summed E-state index contributed by atoms with van der Waals surface area (Å²) in [5.41, 5.74) is 10.0. The van der Waals surface area contributed by atoms with Crippen LogP contribution in [-0.4, -0.2) is 36.0 Å². The molecule has 0 radical (unpaired) electrons. The number of ether oxygens (including phenoxy) is 2. The molecule has 172 valence electrons. The average molecular weight is 457 g/mol. The molecule has 0 atom stereocenters. The highest BCUT2D eigenvalue weighted by molar-refractivity contribution is 6.02. The maximum Gasteiger partial charge on any atom is 0.248 e. The van der Waals surface area contributed by atoms with E-state index in [0.29, 0.717) is 29.3 Å². The van der Waals surface area contributed by atoms with Crippen LogP contribution in [0.15, 0.2) is 67.0 Å². The summed E-state index contributed by atoms with van der Waals surface area (Å²) in [6.07, 6.45) is 6.73. The zero-order valence-electron chi connectivity index (χ0n) is 18.8. The first-order valence-electron chi connectivity index (χ1n) is 10.5. The standard InChI is InChI=1S/C26H24N4O4/c1-33-21-9-3-16(13-22(21)34-2)14-29-23(31)10-8-19-15-30-26-24(19)20(11-12-28-26)17-4-6-18(7-5-17)25(27)32/h3-13,15H,14H2,1-2H3,(H2,27,32)(H,28,30)(H,29,31)/b10-8+. The Hall–Kier alpha value is -4.59. The molecule has 8 nitrogen and oxygen atoms in total. The molecule has 2 aromatic carbocycles. The lowest BCUT2D eigenvalue weighted by Gasteiger charge is -2.09. The third kappa shape index (κ3) is 4.75. The number of nitrogens with two attached hydrogens (primary N) is 1. The van der Waals surface area contributed by atoms with Gasteiger partial charge in [-0.1, -0.05) is 18.2 Å². The van der Waals surface area contributed by atoms with Gasteiger partial charge >= 0.3 is 0 Å². The summed E-state index contributed by atoms with van der Waals surface area (Å²) >= 11 is 0. The number of aromatic nitrogens is 2. The van der Waals surface area contributed by atoms with E-state index in [-0.39, 0.29) is 5.91 Å². The average Bonchev–Trinajstić information content (AvgIpc) is 3.29. The van der Waals surface area contributed by atoms with E-state index < -0.39 is 5.91 Å². The Labute approximate surface area is 196 Å². The van der Waals surface area contributed by atoms with Crippen LogP contribution in [0.5, 0.6) is 11.5 Å². The molecule has 4 aromatic rings. The lowest BCUT2D eigenvalue weighted by molar-refractivity contribution is -0.116. The van der Waals surface area contributed by atoms with E-state index in [4.69, 9.17) is 15.2 Å². The largest absolute Gasteiger partial charge is 0.493 e. The van der Waals surface area contributed by atoms with E-state index in [1.807, 2.05) is 30.3 Å². The van der Waals surface area contributed by atoms with Crippen LogP contribution in [0.2, 0.25) is 0 Å². The molecule has 0 unspecified atom stereocenters. The van der Waals surface area contributed by atoms with Gasteiger partial charge in [0.2, 0.25) is 11.8 Å². The van der Waals surface area contributed by atoms with Crippen LogP contribution in [0.4, 0.5) is 0 Å². The number of hydrogen-bond donors (Lipinski definition) is 3. The zero-order chi connectivity index (χ0) is 24.1. The number of carbonyl (C=O) groups is 2. The molecule has 0 fully saturated rings.